The molecule has 0 radical (unpaired) electrons. The number of rotatable bonds is 4. The van der Waals surface area contributed by atoms with Crippen LogP contribution >= 0.6 is 0 Å². The molecule has 1 N–H and O–H groups in total. The van der Waals surface area contributed by atoms with E-state index in [1.165, 1.54) is 7.11 Å². The molecule has 0 bridgehead atoms. The lowest BCUT2D eigenvalue weighted by molar-refractivity contribution is 0.0601. The van der Waals surface area contributed by atoms with Crippen LogP contribution in [-0.2, 0) is 4.74 Å². The minimum Gasteiger partial charge on any atom is -0.465 e. The SMILES string of the molecule is COC(=O)c1ccccc1-c1c(-c2ccccc2)c(-c2ccccn2)c[nH]c1=O. The van der Waals surface area contributed by atoms with Gasteiger partial charge in [0.1, 0.15) is 0 Å². The van der Waals surface area contributed by atoms with Gasteiger partial charge in [-0.25, -0.2) is 4.79 Å². The molecule has 0 aliphatic carbocycles. The molecule has 4 aromatic rings. The number of aromatic nitrogens is 2. The summed E-state index contributed by atoms with van der Waals surface area (Å²) in [6, 6.07) is 22.2. The molecule has 0 saturated heterocycles. The van der Waals surface area contributed by atoms with Crippen LogP contribution < -0.4 is 5.56 Å². The van der Waals surface area contributed by atoms with Crippen LogP contribution in [0.2, 0.25) is 0 Å². The van der Waals surface area contributed by atoms with Gasteiger partial charge in [-0.2, -0.15) is 0 Å². The van der Waals surface area contributed by atoms with Gasteiger partial charge in [0.05, 0.1) is 23.9 Å². The number of aromatic amines is 1. The number of nitrogens with one attached hydrogen (secondary N) is 1. The third-order valence-corrected chi connectivity index (χ3v) is 4.70. The molecule has 0 saturated carbocycles. The summed E-state index contributed by atoms with van der Waals surface area (Å²) in [7, 11) is 1.33. The third-order valence-electron chi connectivity index (χ3n) is 4.70. The van der Waals surface area contributed by atoms with E-state index in [0.29, 0.717) is 22.3 Å². The highest BCUT2D eigenvalue weighted by Gasteiger charge is 2.22. The summed E-state index contributed by atoms with van der Waals surface area (Å²) in [6.45, 7) is 0. The predicted octanol–water partition coefficient (Wildman–Crippen LogP) is 4.56. The van der Waals surface area contributed by atoms with Crippen molar-refractivity contribution >= 4 is 5.97 Å². The second-order valence-corrected chi connectivity index (χ2v) is 6.40. The molecule has 0 fully saturated rings. The smallest absolute Gasteiger partial charge is 0.338 e. The molecular formula is C24H18N2O3. The van der Waals surface area contributed by atoms with E-state index in [1.54, 1.807) is 36.7 Å². The summed E-state index contributed by atoms with van der Waals surface area (Å²) in [5.41, 5.74) is 4.01. The molecule has 5 heteroatoms. The number of nitrogens with zero attached hydrogens (tertiary/aromatic N) is 1. The van der Waals surface area contributed by atoms with Gasteiger partial charge >= 0.3 is 5.97 Å². The molecule has 142 valence electrons. The van der Waals surface area contributed by atoms with Crippen molar-refractivity contribution < 1.29 is 9.53 Å². The Balaban J connectivity index is 2.11. The van der Waals surface area contributed by atoms with Gasteiger partial charge in [-0.05, 0) is 23.8 Å². The average molecular weight is 382 g/mol. The highest BCUT2D eigenvalue weighted by atomic mass is 16.5. The van der Waals surface area contributed by atoms with Crippen molar-refractivity contribution in [1.82, 2.24) is 9.97 Å². The lowest BCUT2D eigenvalue weighted by Crippen LogP contribution is -2.14. The maximum atomic E-state index is 13.0. The van der Waals surface area contributed by atoms with Crippen molar-refractivity contribution in [2.24, 2.45) is 0 Å². The van der Waals surface area contributed by atoms with E-state index < -0.39 is 5.97 Å². The summed E-state index contributed by atoms with van der Waals surface area (Å²) >= 11 is 0. The fourth-order valence-corrected chi connectivity index (χ4v) is 3.41. The van der Waals surface area contributed by atoms with Crippen molar-refractivity contribution in [2.45, 2.75) is 0 Å². The van der Waals surface area contributed by atoms with E-state index in [-0.39, 0.29) is 5.56 Å². The summed E-state index contributed by atoms with van der Waals surface area (Å²) in [4.78, 5) is 32.7. The Hall–Kier alpha value is -3.99. The van der Waals surface area contributed by atoms with Gasteiger partial charge in [0.15, 0.2) is 0 Å². The Bertz CT molecular complexity index is 1220. The zero-order chi connectivity index (χ0) is 20.2. The fourth-order valence-electron chi connectivity index (χ4n) is 3.41. The van der Waals surface area contributed by atoms with Gasteiger partial charge in [0.2, 0.25) is 0 Å². The van der Waals surface area contributed by atoms with Crippen molar-refractivity contribution in [3.05, 3.63) is 101 Å². The minimum atomic E-state index is -0.498. The maximum absolute atomic E-state index is 13.0. The lowest BCUT2D eigenvalue weighted by Gasteiger charge is -2.16. The van der Waals surface area contributed by atoms with Crippen LogP contribution in [0.5, 0.6) is 0 Å². The average Bonchev–Trinajstić information content (AvgIpc) is 2.79. The molecule has 0 unspecified atom stereocenters. The molecule has 0 amide bonds. The van der Waals surface area contributed by atoms with E-state index in [4.69, 9.17) is 4.74 Å². The van der Waals surface area contributed by atoms with Crippen LogP contribution in [0.15, 0.2) is 90.0 Å². The monoisotopic (exact) mass is 382 g/mol. The number of esters is 1. The highest BCUT2D eigenvalue weighted by Crippen LogP contribution is 2.38. The molecule has 5 nitrogen and oxygen atoms in total. The standard InChI is InChI=1S/C24H18N2O3/c1-29-24(28)18-12-6-5-11-17(18)22-21(16-9-3-2-4-10-16)19(15-26-23(22)27)20-13-7-8-14-25-20/h2-15H,1H3,(H,26,27). The molecular weight excluding hydrogens is 364 g/mol. The van der Waals surface area contributed by atoms with Crippen LogP contribution in [0, 0.1) is 0 Å². The summed E-state index contributed by atoms with van der Waals surface area (Å²) in [5, 5.41) is 0. The van der Waals surface area contributed by atoms with Gasteiger partial charge in [-0.15, -0.1) is 0 Å². The van der Waals surface area contributed by atoms with E-state index in [2.05, 4.69) is 9.97 Å². The predicted molar refractivity (Wildman–Crippen MR) is 113 cm³/mol. The zero-order valence-corrected chi connectivity index (χ0v) is 15.8. The Kier molecular flexibility index (Phi) is 5.03. The van der Waals surface area contributed by atoms with Gasteiger partial charge < -0.3 is 9.72 Å². The quantitative estimate of drug-likeness (QED) is 0.525. The van der Waals surface area contributed by atoms with Crippen LogP contribution in [0.3, 0.4) is 0 Å². The lowest BCUT2D eigenvalue weighted by atomic mass is 9.89. The zero-order valence-electron chi connectivity index (χ0n) is 15.8. The van der Waals surface area contributed by atoms with Crippen molar-refractivity contribution in [3.63, 3.8) is 0 Å². The normalized spacial score (nSPS) is 10.5. The van der Waals surface area contributed by atoms with Crippen molar-refractivity contribution in [3.8, 4) is 33.5 Å². The Morgan fingerprint density at radius 3 is 2.31 bits per heavy atom. The number of methoxy groups -OCH3 is 1. The van der Waals surface area contributed by atoms with Crippen LogP contribution in [0.4, 0.5) is 0 Å². The number of carbonyl (C=O) groups excluding carboxylic acids is 1. The molecule has 4 rings (SSSR count). The molecule has 29 heavy (non-hydrogen) atoms. The van der Waals surface area contributed by atoms with Gasteiger partial charge in [0, 0.05) is 29.1 Å². The molecule has 0 spiro atoms. The van der Waals surface area contributed by atoms with Gasteiger partial charge in [-0.3, -0.25) is 9.78 Å². The van der Waals surface area contributed by atoms with Gasteiger partial charge in [-0.1, -0.05) is 54.6 Å². The first kappa shape index (κ1) is 18.4. The van der Waals surface area contributed by atoms with E-state index in [9.17, 15) is 9.59 Å². The Labute approximate surface area is 167 Å². The topological polar surface area (TPSA) is 72.0 Å². The van der Waals surface area contributed by atoms with E-state index in [1.807, 2.05) is 48.5 Å². The number of H-pyrrole nitrogens is 1. The molecule has 2 heterocycles. The summed E-state index contributed by atoms with van der Waals surface area (Å²) in [5.74, 6) is -0.498. The number of pyridine rings is 2. The summed E-state index contributed by atoms with van der Waals surface area (Å²) in [6.07, 6.45) is 3.37. The molecule has 0 aliphatic rings. The second kappa shape index (κ2) is 7.94. The van der Waals surface area contributed by atoms with Crippen LogP contribution in [0.1, 0.15) is 10.4 Å². The Morgan fingerprint density at radius 1 is 0.862 bits per heavy atom. The van der Waals surface area contributed by atoms with Crippen LogP contribution in [-0.4, -0.2) is 23.0 Å². The molecule has 0 atom stereocenters. The number of hydrogen-bond donors (Lipinski definition) is 1. The van der Waals surface area contributed by atoms with E-state index >= 15 is 0 Å². The molecule has 2 aromatic carbocycles. The molecule has 0 aliphatic heterocycles. The minimum absolute atomic E-state index is 0.292. The van der Waals surface area contributed by atoms with Gasteiger partial charge in [0.25, 0.3) is 5.56 Å². The first-order valence-electron chi connectivity index (χ1n) is 9.11. The number of ether oxygens (including phenoxy) is 1. The first-order chi connectivity index (χ1) is 14.2. The van der Waals surface area contributed by atoms with Crippen molar-refractivity contribution in [2.75, 3.05) is 7.11 Å². The second-order valence-electron chi connectivity index (χ2n) is 6.40. The maximum Gasteiger partial charge on any atom is 0.338 e. The van der Waals surface area contributed by atoms with E-state index in [0.717, 1.165) is 16.8 Å². The third kappa shape index (κ3) is 3.46. The Morgan fingerprint density at radius 2 is 1.59 bits per heavy atom. The number of carbonyl (C=O) groups is 1. The largest absolute Gasteiger partial charge is 0.465 e. The highest BCUT2D eigenvalue weighted by molar-refractivity contribution is 6.01. The fraction of sp³-hybridized carbons (Fsp3) is 0.0417. The van der Waals surface area contributed by atoms with Crippen LogP contribution in [0.25, 0.3) is 33.5 Å². The number of hydrogen-bond acceptors (Lipinski definition) is 4. The van der Waals surface area contributed by atoms with Crippen molar-refractivity contribution in [1.29, 1.82) is 0 Å². The summed E-state index contributed by atoms with van der Waals surface area (Å²) < 4.78 is 4.94. The number of benzene rings is 2. The molecule has 2 aromatic heterocycles. The first-order valence-corrected chi connectivity index (χ1v) is 9.11.